The van der Waals surface area contributed by atoms with E-state index in [1.165, 1.54) is 0 Å². The molecule has 0 bridgehead atoms. The van der Waals surface area contributed by atoms with Crippen molar-refractivity contribution in [2.24, 2.45) is 5.73 Å². The summed E-state index contributed by atoms with van der Waals surface area (Å²) >= 11 is 0. The fourth-order valence-electron chi connectivity index (χ4n) is 2.66. The average Bonchev–Trinajstić information content (AvgIpc) is 3.05. The Kier molecular flexibility index (Phi) is 4.31. The zero-order valence-electron chi connectivity index (χ0n) is 12.2. The van der Waals surface area contributed by atoms with E-state index in [1.54, 1.807) is 0 Å². The third-order valence-corrected chi connectivity index (χ3v) is 4.10. The van der Waals surface area contributed by atoms with E-state index in [0.717, 1.165) is 30.8 Å². The van der Waals surface area contributed by atoms with E-state index in [2.05, 4.69) is 10.1 Å². The van der Waals surface area contributed by atoms with Crippen LogP contribution in [0.1, 0.15) is 54.9 Å². The molecule has 5 heteroatoms. The number of hydrogen-bond acceptors (Lipinski definition) is 5. The van der Waals surface area contributed by atoms with E-state index >= 15 is 0 Å². The number of nitrogens with zero attached hydrogens (tertiary/aromatic N) is 2. The molecule has 1 aromatic heterocycles. The van der Waals surface area contributed by atoms with Crippen LogP contribution < -0.4 is 5.73 Å². The quantitative estimate of drug-likeness (QED) is 0.936. The van der Waals surface area contributed by atoms with Gasteiger partial charge in [-0.2, -0.15) is 4.98 Å². The molecule has 3 rings (SSSR count). The topological polar surface area (TPSA) is 74.2 Å². The Morgan fingerprint density at radius 2 is 2.10 bits per heavy atom. The van der Waals surface area contributed by atoms with Crippen molar-refractivity contribution in [2.45, 2.75) is 37.6 Å². The van der Waals surface area contributed by atoms with Gasteiger partial charge in [-0.3, -0.25) is 0 Å². The minimum atomic E-state index is -0.151. The van der Waals surface area contributed by atoms with Crippen molar-refractivity contribution in [3.63, 3.8) is 0 Å². The van der Waals surface area contributed by atoms with Gasteiger partial charge in [0.2, 0.25) is 5.89 Å². The summed E-state index contributed by atoms with van der Waals surface area (Å²) < 4.78 is 10.9. The molecule has 2 N–H and O–H groups in total. The minimum Gasteiger partial charge on any atom is -0.381 e. The first kappa shape index (κ1) is 14.2. The van der Waals surface area contributed by atoms with Crippen LogP contribution >= 0.6 is 0 Å². The lowest BCUT2D eigenvalue weighted by Crippen LogP contribution is -2.19. The molecule has 0 spiro atoms. The molecule has 5 nitrogen and oxygen atoms in total. The molecule has 0 radical (unpaired) electrons. The Hall–Kier alpha value is -1.72. The normalized spacial score (nSPS) is 21.9. The Labute approximate surface area is 124 Å². The molecule has 112 valence electrons. The Morgan fingerprint density at radius 3 is 2.81 bits per heavy atom. The first-order valence-corrected chi connectivity index (χ1v) is 7.47. The highest BCUT2D eigenvalue weighted by molar-refractivity contribution is 5.21. The highest BCUT2D eigenvalue weighted by atomic mass is 16.5. The van der Waals surface area contributed by atoms with Gasteiger partial charge in [-0.15, -0.1) is 0 Å². The van der Waals surface area contributed by atoms with Crippen LogP contribution in [0.5, 0.6) is 0 Å². The standard InChI is InChI=1S/C16H21N3O2/c1-11(14(17)12-6-3-2-4-7-12)16-18-15(19-21-16)13-8-5-9-20-10-13/h2-4,6-7,11,13-14H,5,8-10,17H2,1H3. The fourth-order valence-corrected chi connectivity index (χ4v) is 2.66. The van der Waals surface area contributed by atoms with Crippen LogP contribution in [-0.2, 0) is 4.74 Å². The van der Waals surface area contributed by atoms with Crippen LogP contribution in [0, 0.1) is 0 Å². The summed E-state index contributed by atoms with van der Waals surface area (Å²) in [5.41, 5.74) is 7.38. The zero-order valence-corrected chi connectivity index (χ0v) is 12.2. The van der Waals surface area contributed by atoms with Crippen molar-refractivity contribution in [3.05, 3.63) is 47.6 Å². The van der Waals surface area contributed by atoms with Crippen molar-refractivity contribution >= 4 is 0 Å². The lowest BCUT2D eigenvalue weighted by atomic mass is 9.95. The van der Waals surface area contributed by atoms with E-state index < -0.39 is 0 Å². The molecule has 0 saturated carbocycles. The van der Waals surface area contributed by atoms with Gasteiger partial charge in [0.25, 0.3) is 0 Å². The highest BCUT2D eigenvalue weighted by Gasteiger charge is 2.26. The van der Waals surface area contributed by atoms with E-state index in [4.69, 9.17) is 15.0 Å². The third kappa shape index (κ3) is 3.14. The summed E-state index contributed by atoms with van der Waals surface area (Å²) in [6.07, 6.45) is 2.10. The van der Waals surface area contributed by atoms with Crippen molar-refractivity contribution < 1.29 is 9.26 Å². The van der Waals surface area contributed by atoms with Crippen molar-refractivity contribution in [3.8, 4) is 0 Å². The maximum Gasteiger partial charge on any atom is 0.231 e. The minimum absolute atomic E-state index is 0.0156. The smallest absolute Gasteiger partial charge is 0.231 e. The predicted octanol–water partition coefficient (Wildman–Crippen LogP) is 2.77. The molecule has 1 aliphatic heterocycles. The SMILES string of the molecule is CC(c1nc(C2CCCOC2)no1)C(N)c1ccccc1. The number of rotatable bonds is 4. The van der Waals surface area contributed by atoms with Gasteiger partial charge >= 0.3 is 0 Å². The molecule has 1 fully saturated rings. The largest absolute Gasteiger partial charge is 0.381 e. The average molecular weight is 287 g/mol. The van der Waals surface area contributed by atoms with Gasteiger partial charge in [-0.25, -0.2) is 0 Å². The van der Waals surface area contributed by atoms with Crippen LogP contribution in [0.3, 0.4) is 0 Å². The summed E-state index contributed by atoms with van der Waals surface area (Å²) in [6.45, 7) is 3.53. The molecule has 0 aliphatic carbocycles. The van der Waals surface area contributed by atoms with E-state index in [1.807, 2.05) is 37.3 Å². The number of ether oxygens (including phenoxy) is 1. The van der Waals surface area contributed by atoms with Crippen molar-refractivity contribution in [2.75, 3.05) is 13.2 Å². The molecule has 2 heterocycles. The van der Waals surface area contributed by atoms with Gasteiger partial charge in [0.1, 0.15) is 0 Å². The van der Waals surface area contributed by atoms with Gasteiger partial charge in [0, 0.05) is 18.6 Å². The molecule has 1 saturated heterocycles. The monoisotopic (exact) mass is 287 g/mol. The molecular weight excluding hydrogens is 266 g/mol. The lowest BCUT2D eigenvalue weighted by Gasteiger charge is -2.19. The van der Waals surface area contributed by atoms with Gasteiger partial charge in [-0.1, -0.05) is 42.4 Å². The summed E-state index contributed by atoms with van der Waals surface area (Å²) in [5, 5.41) is 4.12. The molecule has 3 unspecified atom stereocenters. The third-order valence-electron chi connectivity index (χ3n) is 4.10. The van der Waals surface area contributed by atoms with Gasteiger partial charge < -0.3 is 15.0 Å². The van der Waals surface area contributed by atoms with E-state index in [-0.39, 0.29) is 17.9 Å². The van der Waals surface area contributed by atoms with Crippen molar-refractivity contribution in [1.82, 2.24) is 10.1 Å². The second-order valence-electron chi connectivity index (χ2n) is 5.63. The number of aromatic nitrogens is 2. The van der Waals surface area contributed by atoms with Crippen LogP contribution in [-0.4, -0.2) is 23.4 Å². The Balaban J connectivity index is 1.73. The molecule has 21 heavy (non-hydrogen) atoms. The maximum absolute atomic E-state index is 6.31. The predicted molar refractivity (Wildman–Crippen MR) is 78.9 cm³/mol. The first-order chi connectivity index (χ1) is 10.3. The number of hydrogen-bond donors (Lipinski definition) is 1. The summed E-state index contributed by atoms with van der Waals surface area (Å²) in [5.74, 6) is 1.58. The first-order valence-electron chi connectivity index (χ1n) is 7.47. The zero-order chi connectivity index (χ0) is 14.7. The van der Waals surface area contributed by atoms with E-state index in [9.17, 15) is 0 Å². The van der Waals surface area contributed by atoms with Gasteiger partial charge in [0.15, 0.2) is 5.82 Å². The lowest BCUT2D eigenvalue weighted by molar-refractivity contribution is 0.0773. The Bertz CT molecular complexity index is 564. The molecule has 3 atom stereocenters. The van der Waals surface area contributed by atoms with Crippen LogP contribution in [0.25, 0.3) is 0 Å². The highest BCUT2D eigenvalue weighted by Crippen LogP contribution is 2.29. The van der Waals surface area contributed by atoms with Gasteiger partial charge in [0.05, 0.1) is 12.5 Å². The number of nitrogens with two attached hydrogens (primary N) is 1. The fraction of sp³-hybridized carbons (Fsp3) is 0.500. The molecule has 0 amide bonds. The summed E-state index contributed by atoms with van der Waals surface area (Å²) in [7, 11) is 0. The second kappa shape index (κ2) is 6.37. The van der Waals surface area contributed by atoms with Crippen molar-refractivity contribution in [1.29, 1.82) is 0 Å². The second-order valence-corrected chi connectivity index (χ2v) is 5.63. The van der Waals surface area contributed by atoms with Crippen LogP contribution in [0.15, 0.2) is 34.9 Å². The molecule has 1 aromatic carbocycles. The number of benzene rings is 1. The molecule has 2 aromatic rings. The molecule has 1 aliphatic rings. The Morgan fingerprint density at radius 1 is 1.29 bits per heavy atom. The maximum atomic E-state index is 6.31. The van der Waals surface area contributed by atoms with Gasteiger partial charge in [-0.05, 0) is 18.4 Å². The molecular formula is C16H21N3O2. The summed E-state index contributed by atoms with van der Waals surface area (Å²) in [6, 6.07) is 9.85. The van der Waals surface area contributed by atoms with Crippen LogP contribution in [0.2, 0.25) is 0 Å². The summed E-state index contributed by atoms with van der Waals surface area (Å²) in [4.78, 5) is 4.54. The van der Waals surface area contributed by atoms with Crippen LogP contribution in [0.4, 0.5) is 0 Å². The van der Waals surface area contributed by atoms with E-state index in [0.29, 0.717) is 12.5 Å².